The van der Waals surface area contributed by atoms with E-state index in [1.165, 1.54) is 16.8 Å². The van der Waals surface area contributed by atoms with Gasteiger partial charge in [0.05, 0.1) is 6.54 Å². The van der Waals surface area contributed by atoms with Crippen LogP contribution in [0.2, 0.25) is 0 Å². The predicted molar refractivity (Wildman–Crippen MR) is 206 cm³/mol. The highest BCUT2D eigenvalue weighted by Gasteiger charge is 2.42. The van der Waals surface area contributed by atoms with Crippen molar-refractivity contribution in [3.8, 4) is 22.5 Å². The van der Waals surface area contributed by atoms with Gasteiger partial charge in [-0.15, -0.1) is 10.2 Å². The van der Waals surface area contributed by atoms with Crippen molar-refractivity contribution in [3.05, 3.63) is 179 Å². The molecule has 0 aliphatic rings. The second-order valence-corrected chi connectivity index (χ2v) is 13.1. The zero-order valence-corrected chi connectivity index (χ0v) is 29.9. The van der Waals surface area contributed by atoms with E-state index in [4.69, 9.17) is 20.4 Å². The normalized spacial score (nSPS) is 11.8. The van der Waals surface area contributed by atoms with Crippen molar-refractivity contribution in [1.29, 1.82) is 0 Å². The average molecular weight is 683 g/mol. The monoisotopic (exact) mass is 682 g/mol. The summed E-state index contributed by atoms with van der Waals surface area (Å²) in [7, 11) is 0. The molecule has 0 amide bonds. The van der Waals surface area contributed by atoms with Crippen molar-refractivity contribution in [3.63, 3.8) is 0 Å². The predicted octanol–water partition coefficient (Wildman–Crippen LogP) is 8.82. The number of benzene rings is 5. The van der Waals surface area contributed by atoms with E-state index < -0.39 is 5.54 Å². The molecular weight excluding hydrogens is 641 g/mol. The second kappa shape index (κ2) is 14.2. The molecule has 0 aliphatic carbocycles. The number of tetrazole rings is 1. The van der Waals surface area contributed by atoms with Crippen LogP contribution in [0.4, 0.5) is 0 Å². The molecule has 52 heavy (non-hydrogen) atoms. The third-order valence-corrected chi connectivity index (χ3v) is 10.1. The summed E-state index contributed by atoms with van der Waals surface area (Å²) in [4.78, 5) is 4.89. The molecule has 8 rings (SSSR count). The Hall–Kier alpha value is -6.15. The van der Waals surface area contributed by atoms with Crippen LogP contribution in [0.3, 0.4) is 0 Å². The van der Waals surface area contributed by atoms with Gasteiger partial charge >= 0.3 is 0 Å². The Bertz CT molecular complexity index is 2310. The molecule has 0 unspecified atom stereocenters. The van der Waals surface area contributed by atoms with Crippen molar-refractivity contribution in [1.82, 2.24) is 39.6 Å². The fourth-order valence-corrected chi connectivity index (χ4v) is 7.67. The second-order valence-electron chi connectivity index (χ2n) is 13.1. The van der Waals surface area contributed by atoms with Crippen LogP contribution in [0.1, 0.15) is 66.5 Å². The van der Waals surface area contributed by atoms with Gasteiger partial charge in [-0.1, -0.05) is 167 Å². The van der Waals surface area contributed by atoms with E-state index in [1.54, 1.807) is 0 Å². The highest BCUT2D eigenvalue weighted by atomic mass is 15.6. The van der Waals surface area contributed by atoms with Gasteiger partial charge in [-0.3, -0.25) is 4.68 Å². The zero-order chi connectivity index (χ0) is 35.5. The zero-order valence-electron chi connectivity index (χ0n) is 29.9. The summed E-state index contributed by atoms with van der Waals surface area (Å²) >= 11 is 0. The Morgan fingerprint density at radius 1 is 0.615 bits per heavy atom. The number of aromatic nitrogens is 8. The fraction of sp³-hybridized carbons (Fsp3) is 0.205. The van der Waals surface area contributed by atoms with Crippen LogP contribution in [-0.2, 0) is 31.3 Å². The first kappa shape index (κ1) is 33.0. The maximum absolute atomic E-state index is 4.89. The van der Waals surface area contributed by atoms with Crippen LogP contribution in [0.25, 0.3) is 28.2 Å². The van der Waals surface area contributed by atoms with E-state index in [1.807, 2.05) is 27.5 Å². The molecular formula is C44H42N8. The van der Waals surface area contributed by atoms with Crippen molar-refractivity contribution >= 4 is 5.65 Å². The Morgan fingerprint density at radius 2 is 1.19 bits per heavy atom. The molecule has 0 aliphatic heterocycles. The van der Waals surface area contributed by atoms with Crippen LogP contribution in [0.15, 0.2) is 140 Å². The summed E-state index contributed by atoms with van der Waals surface area (Å²) in [6.45, 7) is 7.27. The Labute approximate surface area is 304 Å². The Kier molecular flexibility index (Phi) is 9.04. The van der Waals surface area contributed by atoms with Crippen LogP contribution in [0, 0.1) is 0 Å². The number of rotatable bonds is 12. The van der Waals surface area contributed by atoms with Crippen LogP contribution < -0.4 is 0 Å². The van der Waals surface area contributed by atoms with E-state index in [0.717, 1.165) is 70.5 Å². The molecule has 0 saturated carbocycles. The molecule has 3 heterocycles. The van der Waals surface area contributed by atoms with Gasteiger partial charge in [-0.05, 0) is 56.6 Å². The minimum absolute atomic E-state index is 0.681. The third kappa shape index (κ3) is 5.61. The highest BCUT2D eigenvalue weighted by molar-refractivity contribution is 5.81. The smallest absolute Gasteiger partial charge is 0.184 e. The van der Waals surface area contributed by atoms with E-state index in [9.17, 15) is 0 Å². The molecule has 8 nitrogen and oxygen atoms in total. The van der Waals surface area contributed by atoms with Crippen molar-refractivity contribution in [2.24, 2.45) is 0 Å². The van der Waals surface area contributed by atoms with Crippen LogP contribution >= 0.6 is 0 Å². The standard InChI is InChI=1S/C44H42N8/c1-4-18-40-37(5-2)42-45-41(6-3)47-52(42)50(40)31-32-27-29-33(30-28-32)38-25-16-17-26-39(38)43-46-48-49-51(43)44(34-19-10-7-11-20-34,35-21-12-8-13-22-35)36-23-14-9-15-24-36/h7-17,19-30H,4-6,18,31H2,1-3H3. The largest absolute Gasteiger partial charge is 0.263 e. The van der Waals surface area contributed by atoms with E-state index in [2.05, 4.69) is 152 Å². The van der Waals surface area contributed by atoms with Gasteiger partial charge in [0.1, 0.15) is 5.54 Å². The molecule has 0 spiro atoms. The van der Waals surface area contributed by atoms with Gasteiger partial charge in [-0.25, -0.2) is 9.67 Å². The Morgan fingerprint density at radius 3 is 1.75 bits per heavy atom. The molecule has 258 valence electrons. The lowest BCUT2D eigenvalue weighted by Crippen LogP contribution is -2.39. The van der Waals surface area contributed by atoms with E-state index in [-0.39, 0.29) is 0 Å². The van der Waals surface area contributed by atoms with Crippen LogP contribution in [0.5, 0.6) is 0 Å². The van der Waals surface area contributed by atoms with Crippen molar-refractivity contribution < 1.29 is 0 Å². The molecule has 8 heteroatoms. The lowest BCUT2D eigenvalue weighted by atomic mass is 9.77. The molecule has 3 aromatic heterocycles. The lowest BCUT2D eigenvalue weighted by molar-refractivity contribution is 0.451. The fourth-order valence-electron chi connectivity index (χ4n) is 7.67. The summed E-state index contributed by atoms with van der Waals surface area (Å²) in [5.41, 5.74) is 10.3. The van der Waals surface area contributed by atoms with Crippen molar-refractivity contribution in [2.75, 3.05) is 0 Å². The lowest BCUT2D eigenvalue weighted by Gasteiger charge is -2.36. The summed E-state index contributed by atoms with van der Waals surface area (Å²) in [6.07, 6.45) is 3.81. The summed E-state index contributed by atoms with van der Waals surface area (Å²) in [6, 6.07) is 48.8. The maximum Gasteiger partial charge on any atom is 0.184 e. The third-order valence-electron chi connectivity index (χ3n) is 10.1. The first-order chi connectivity index (χ1) is 25.7. The molecule has 0 fully saturated rings. The van der Waals surface area contributed by atoms with Gasteiger partial charge < -0.3 is 0 Å². The number of hydrogen-bond donors (Lipinski definition) is 0. The van der Waals surface area contributed by atoms with E-state index >= 15 is 0 Å². The quantitative estimate of drug-likeness (QED) is 0.120. The number of hydrogen-bond acceptors (Lipinski definition) is 5. The molecule has 5 aromatic carbocycles. The summed E-state index contributed by atoms with van der Waals surface area (Å²) < 4.78 is 6.35. The number of nitrogens with zero attached hydrogens (tertiary/aromatic N) is 8. The average Bonchev–Trinajstić information content (AvgIpc) is 3.93. The first-order valence-corrected chi connectivity index (χ1v) is 18.3. The number of aryl methyl sites for hydroxylation is 2. The molecule has 8 aromatic rings. The van der Waals surface area contributed by atoms with E-state index in [0.29, 0.717) is 12.4 Å². The molecule has 0 atom stereocenters. The minimum atomic E-state index is -0.839. The first-order valence-electron chi connectivity index (χ1n) is 18.3. The van der Waals surface area contributed by atoms with Gasteiger partial charge in [-0.2, -0.15) is 4.63 Å². The van der Waals surface area contributed by atoms with Gasteiger partial charge in [0.2, 0.25) is 0 Å². The highest BCUT2D eigenvalue weighted by Crippen LogP contribution is 2.43. The van der Waals surface area contributed by atoms with Gasteiger partial charge in [0.15, 0.2) is 17.3 Å². The topological polar surface area (TPSA) is 78.7 Å². The Balaban J connectivity index is 1.23. The maximum atomic E-state index is 4.89. The molecule has 0 bridgehead atoms. The SMILES string of the molecule is CCCc1c(CC)c2nc(CC)nn2n1Cc1ccc(-c2ccccc2-c2nnnn2C(c2ccccc2)(c2ccccc2)c2ccccc2)cc1. The number of fused-ring (bicyclic) bond motifs is 1. The minimum Gasteiger partial charge on any atom is -0.263 e. The molecule has 0 N–H and O–H groups in total. The van der Waals surface area contributed by atoms with Crippen LogP contribution in [-0.4, -0.2) is 39.6 Å². The van der Waals surface area contributed by atoms with Crippen molar-refractivity contribution in [2.45, 2.75) is 58.5 Å². The van der Waals surface area contributed by atoms with Gasteiger partial charge in [0, 0.05) is 23.2 Å². The summed E-state index contributed by atoms with van der Waals surface area (Å²) in [5.74, 6) is 1.56. The summed E-state index contributed by atoms with van der Waals surface area (Å²) in [5, 5.41) is 18.8. The molecule has 0 radical (unpaired) electrons. The molecule has 0 saturated heterocycles. The van der Waals surface area contributed by atoms with Gasteiger partial charge in [0.25, 0.3) is 0 Å².